The Balaban J connectivity index is 2.91. The number of imide groups is 3. The van der Waals surface area contributed by atoms with E-state index in [1.807, 2.05) is 5.32 Å². The fraction of sp³-hybridized carbons (Fsp3) is 0.267. The van der Waals surface area contributed by atoms with Crippen LogP contribution in [-0.4, -0.2) is 61.4 Å². The minimum atomic E-state index is -2.30. The number of amides is 6. The molecule has 6 amide bonds. The molecule has 0 fully saturated rings. The van der Waals surface area contributed by atoms with Gasteiger partial charge in [-0.2, -0.15) is 0 Å². The molecule has 6 N–H and O–H groups in total. The third-order valence-corrected chi connectivity index (χ3v) is 3.19. The third-order valence-electron chi connectivity index (χ3n) is 3.19. The highest BCUT2D eigenvalue weighted by Gasteiger charge is 2.38. The lowest BCUT2D eigenvalue weighted by molar-refractivity contribution is -0.125. The summed E-state index contributed by atoms with van der Waals surface area (Å²) in [6, 6.07) is 6.58. The van der Waals surface area contributed by atoms with Gasteiger partial charge >= 0.3 is 18.2 Å². The first kappa shape index (κ1) is 21.4. The van der Waals surface area contributed by atoms with Gasteiger partial charge in [-0.25, -0.2) is 14.4 Å². The van der Waals surface area contributed by atoms with Crippen molar-refractivity contribution in [2.45, 2.75) is 5.66 Å². The first-order valence-electron chi connectivity index (χ1n) is 7.39. The summed E-state index contributed by atoms with van der Waals surface area (Å²) in [4.78, 5) is 58.9. The van der Waals surface area contributed by atoms with Gasteiger partial charge < -0.3 is 25.8 Å². The normalized spacial score (nSPS) is 12.1. The number of hydrogen-bond acceptors (Lipinski definition) is 8. The number of hydrogen-bond donors (Lipinski definition) is 4. The van der Waals surface area contributed by atoms with Gasteiger partial charge in [0.25, 0.3) is 11.8 Å². The van der Waals surface area contributed by atoms with Crippen molar-refractivity contribution in [3.05, 3.63) is 35.9 Å². The predicted molar refractivity (Wildman–Crippen MR) is 90.1 cm³/mol. The second kappa shape index (κ2) is 9.15. The highest BCUT2D eigenvalue weighted by molar-refractivity contribution is 6.05. The summed E-state index contributed by atoms with van der Waals surface area (Å²) in [5.41, 5.74) is 8.77. The van der Waals surface area contributed by atoms with Crippen molar-refractivity contribution >= 4 is 30.0 Å². The Hall–Kier alpha value is -3.67. The molecule has 1 unspecified atom stereocenters. The van der Waals surface area contributed by atoms with E-state index in [0.717, 1.165) is 14.2 Å². The van der Waals surface area contributed by atoms with Gasteiger partial charge in [-0.05, 0) is 12.1 Å². The van der Waals surface area contributed by atoms with Gasteiger partial charge in [0.2, 0.25) is 5.66 Å². The van der Waals surface area contributed by atoms with Crippen molar-refractivity contribution in [2.24, 2.45) is 11.5 Å². The van der Waals surface area contributed by atoms with Crippen LogP contribution in [0, 0.1) is 0 Å². The standard InChI is InChI=1S/C15H19N5O7/c1-18-12(23)20(13(24)26-2)14(25)27-8-15(17,11(16)22)19-10(21)9-6-4-3-5-7-9/h3-7H,8,17H2,1-2H3,(H2,16,22)(H,18,23)(H,19,21). The zero-order valence-electron chi connectivity index (χ0n) is 14.6. The van der Waals surface area contributed by atoms with Crippen LogP contribution < -0.4 is 22.1 Å². The Bertz CT molecular complexity index is 723. The van der Waals surface area contributed by atoms with E-state index < -0.39 is 42.3 Å². The van der Waals surface area contributed by atoms with Crippen LogP contribution in [0.5, 0.6) is 0 Å². The number of nitrogens with two attached hydrogens (primary N) is 2. The van der Waals surface area contributed by atoms with Crippen LogP contribution in [0.2, 0.25) is 0 Å². The molecular weight excluding hydrogens is 362 g/mol. The molecule has 0 saturated carbocycles. The number of rotatable bonds is 5. The average Bonchev–Trinajstić information content (AvgIpc) is 2.66. The second-order valence-electron chi connectivity index (χ2n) is 5.07. The van der Waals surface area contributed by atoms with Crippen LogP contribution in [-0.2, 0) is 14.3 Å². The number of ether oxygens (including phenoxy) is 2. The molecule has 0 spiro atoms. The summed E-state index contributed by atoms with van der Waals surface area (Å²) in [7, 11) is 2.09. The molecule has 1 rings (SSSR count). The smallest absolute Gasteiger partial charge is 0.428 e. The van der Waals surface area contributed by atoms with E-state index in [1.165, 1.54) is 12.1 Å². The molecule has 0 radical (unpaired) electrons. The van der Waals surface area contributed by atoms with Gasteiger partial charge in [-0.1, -0.05) is 18.2 Å². The summed E-state index contributed by atoms with van der Waals surface area (Å²) in [6.07, 6.45) is -2.83. The van der Waals surface area contributed by atoms with Crippen LogP contribution in [0.1, 0.15) is 10.4 Å². The van der Waals surface area contributed by atoms with Crippen molar-refractivity contribution in [1.82, 2.24) is 15.5 Å². The van der Waals surface area contributed by atoms with E-state index in [9.17, 15) is 24.0 Å². The van der Waals surface area contributed by atoms with Crippen LogP contribution in [0.4, 0.5) is 14.4 Å². The molecule has 0 heterocycles. The molecule has 1 atom stereocenters. The van der Waals surface area contributed by atoms with E-state index in [1.54, 1.807) is 18.2 Å². The van der Waals surface area contributed by atoms with Crippen molar-refractivity contribution in [1.29, 1.82) is 0 Å². The number of benzene rings is 1. The van der Waals surface area contributed by atoms with E-state index in [0.29, 0.717) is 0 Å². The van der Waals surface area contributed by atoms with Crippen molar-refractivity contribution in [3.8, 4) is 0 Å². The highest BCUT2D eigenvalue weighted by Crippen LogP contribution is 2.06. The van der Waals surface area contributed by atoms with E-state index in [-0.39, 0.29) is 10.5 Å². The molecular formula is C15H19N5O7. The summed E-state index contributed by atoms with van der Waals surface area (Å²) >= 11 is 0. The van der Waals surface area contributed by atoms with Crippen molar-refractivity contribution in [3.63, 3.8) is 0 Å². The molecule has 0 aliphatic rings. The topological polar surface area (TPSA) is 183 Å². The summed E-state index contributed by atoms with van der Waals surface area (Å²) in [6.45, 7) is -0.954. The number of carbonyl (C=O) groups excluding carboxylic acids is 5. The van der Waals surface area contributed by atoms with Gasteiger partial charge in [0, 0.05) is 12.6 Å². The van der Waals surface area contributed by atoms with Crippen LogP contribution >= 0.6 is 0 Å². The van der Waals surface area contributed by atoms with Crippen molar-refractivity contribution in [2.75, 3.05) is 20.8 Å². The Morgan fingerprint density at radius 1 is 1.11 bits per heavy atom. The third kappa shape index (κ3) is 5.40. The van der Waals surface area contributed by atoms with E-state index in [4.69, 9.17) is 16.2 Å². The predicted octanol–water partition coefficient (Wildman–Crippen LogP) is -0.899. The lowest BCUT2D eigenvalue weighted by Gasteiger charge is -2.27. The molecule has 0 aromatic heterocycles. The first-order valence-corrected chi connectivity index (χ1v) is 7.39. The number of nitrogens with zero attached hydrogens (tertiary/aromatic N) is 1. The van der Waals surface area contributed by atoms with Gasteiger partial charge in [-0.15, -0.1) is 4.90 Å². The second-order valence-corrected chi connectivity index (χ2v) is 5.07. The molecule has 0 aliphatic carbocycles. The van der Waals surface area contributed by atoms with Gasteiger partial charge in [0.15, 0.2) is 0 Å². The summed E-state index contributed by atoms with van der Waals surface area (Å²) in [5, 5.41) is 4.17. The largest absolute Gasteiger partial charge is 0.452 e. The number of nitrogens with one attached hydrogen (secondary N) is 2. The zero-order chi connectivity index (χ0) is 20.6. The minimum Gasteiger partial charge on any atom is -0.452 e. The fourth-order valence-corrected chi connectivity index (χ4v) is 1.72. The zero-order valence-corrected chi connectivity index (χ0v) is 14.6. The SMILES string of the molecule is CNC(=O)N(C(=O)OC)C(=O)OCC(N)(NC(=O)c1ccccc1)C(N)=O. The Morgan fingerprint density at radius 2 is 1.70 bits per heavy atom. The molecule has 1 aromatic rings. The van der Waals surface area contributed by atoms with Crippen LogP contribution in [0.15, 0.2) is 30.3 Å². The van der Waals surface area contributed by atoms with Crippen molar-refractivity contribution < 1.29 is 33.4 Å². The number of carbonyl (C=O) groups is 5. The maximum absolute atomic E-state index is 12.2. The molecule has 1 aromatic carbocycles. The van der Waals surface area contributed by atoms with E-state index in [2.05, 4.69) is 10.1 Å². The van der Waals surface area contributed by atoms with Crippen LogP contribution in [0.3, 0.4) is 0 Å². The van der Waals surface area contributed by atoms with E-state index >= 15 is 0 Å². The first-order chi connectivity index (χ1) is 12.7. The van der Waals surface area contributed by atoms with Gasteiger partial charge in [-0.3, -0.25) is 15.3 Å². The van der Waals surface area contributed by atoms with Gasteiger partial charge in [0.1, 0.15) is 6.61 Å². The molecule has 27 heavy (non-hydrogen) atoms. The Morgan fingerprint density at radius 3 is 2.19 bits per heavy atom. The molecule has 146 valence electrons. The quantitative estimate of drug-likeness (QED) is 0.473. The fourth-order valence-electron chi connectivity index (χ4n) is 1.72. The number of primary amides is 1. The number of urea groups is 1. The maximum Gasteiger partial charge on any atom is 0.428 e. The Labute approximate surface area is 153 Å². The minimum absolute atomic E-state index is 0.0135. The molecule has 0 bridgehead atoms. The molecule has 12 heteroatoms. The van der Waals surface area contributed by atoms with Gasteiger partial charge in [0.05, 0.1) is 7.11 Å². The maximum atomic E-state index is 12.2. The molecule has 0 aliphatic heterocycles. The molecule has 12 nitrogen and oxygen atoms in total. The summed E-state index contributed by atoms with van der Waals surface area (Å²) in [5.74, 6) is -1.98. The lowest BCUT2D eigenvalue weighted by atomic mass is 10.1. The summed E-state index contributed by atoms with van der Waals surface area (Å²) < 4.78 is 8.99. The van der Waals surface area contributed by atoms with Crippen LogP contribution in [0.25, 0.3) is 0 Å². The highest BCUT2D eigenvalue weighted by atomic mass is 16.6. The number of methoxy groups -OCH3 is 1. The lowest BCUT2D eigenvalue weighted by Crippen LogP contribution is -2.67. The average molecular weight is 381 g/mol. The molecule has 0 saturated heterocycles. The monoisotopic (exact) mass is 381 g/mol. The Kier molecular flexibility index (Phi) is 7.24.